The first kappa shape index (κ1) is 19.1. The fourth-order valence-corrected chi connectivity index (χ4v) is 4.33. The van der Waals surface area contributed by atoms with Crippen molar-refractivity contribution in [1.82, 2.24) is 4.90 Å². The third kappa shape index (κ3) is 5.40. The van der Waals surface area contributed by atoms with Crippen LogP contribution in [0.2, 0.25) is 0 Å². The Labute approximate surface area is 148 Å². The molecular weight excluding hydrogens is 325 g/mol. The molecule has 0 saturated carbocycles. The number of ether oxygens (including phenoxy) is 1. The lowest BCUT2D eigenvalue weighted by atomic mass is 9.86. The molecule has 0 bridgehead atoms. The highest BCUT2D eigenvalue weighted by atomic mass is 32.2. The molecule has 0 spiro atoms. The molecule has 0 atom stereocenters. The molecule has 1 aromatic carbocycles. The van der Waals surface area contributed by atoms with Crippen molar-refractivity contribution in [2.45, 2.75) is 62.7 Å². The fraction of sp³-hybridized carbons (Fsp3) is 0.632. The Morgan fingerprint density at radius 3 is 2.38 bits per heavy atom. The molecule has 134 valence electrons. The second kappa shape index (κ2) is 7.34. The number of hydrogen-bond donors (Lipinski definition) is 0. The van der Waals surface area contributed by atoms with E-state index < -0.39 is 5.60 Å². The minimum Gasteiger partial charge on any atom is -0.444 e. The SMILES string of the molecule is CC(C)(C)OC(=O)N1CCC(C(C)(C)Sc2cccc(F)c2)CC1. The van der Waals surface area contributed by atoms with E-state index in [1.54, 1.807) is 28.8 Å². The molecule has 0 aromatic heterocycles. The van der Waals surface area contributed by atoms with E-state index in [0.717, 1.165) is 17.7 Å². The van der Waals surface area contributed by atoms with Crippen LogP contribution in [0.15, 0.2) is 29.2 Å². The molecule has 1 fully saturated rings. The van der Waals surface area contributed by atoms with Gasteiger partial charge in [0.05, 0.1) is 0 Å². The van der Waals surface area contributed by atoms with Gasteiger partial charge in [-0.3, -0.25) is 0 Å². The van der Waals surface area contributed by atoms with Crippen molar-refractivity contribution in [1.29, 1.82) is 0 Å². The van der Waals surface area contributed by atoms with Crippen molar-refractivity contribution in [3.05, 3.63) is 30.1 Å². The van der Waals surface area contributed by atoms with Gasteiger partial charge in [0.15, 0.2) is 0 Å². The van der Waals surface area contributed by atoms with Gasteiger partial charge >= 0.3 is 6.09 Å². The van der Waals surface area contributed by atoms with E-state index in [-0.39, 0.29) is 16.7 Å². The maximum Gasteiger partial charge on any atom is 0.410 e. The first-order valence-corrected chi connectivity index (χ1v) is 9.31. The van der Waals surface area contributed by atoms with E-state index in [9.17, 15) is 9.18 Å². The van der Waals surface area contributed by atoms with Gasteiger partial charge in [-0.1, -0.05) is 19.9 Å². The van der Waals surface area contributed by atoms with Crippen molar-refractivity contribution < 1.29 is 13.9 Å². The maximum atomic E-state index is 13.4. The first-order valence-electron chi connectivity index (χ1n) is 8.49. The maximum absolute atomic E-state index is 13.4. The van der Waals surface area contributed by atoms with Crippen LogP contribution in [0.25, 0.3) is 0 Å². The van der Waals surface area contributed by atoms with Gasteiger partial charge in [0.25, 0.3) is 0 Å². The van der Waals surface area contributed by atoms with E-state index in [1.165, 1.54) is 6.07 Å². The summed E-state index contributed by atoms with van der Waals surface area (Å²) in [6.07, 6.45) is 1.65. The molecule has 5 heteroatoms. The van der Waals surface area contributed by atoms with Gasteiger partial charge < -0.3 is 9.64 Å². The van der Waals surface area contributed by atoms with E-state index >= 15 is 0 Å². The smallest absolute Gasteiger partial charge is 0.410 e. The number of carbonyl (C=O) groups excluding carboxylic acids is 1. The normalized spacial score (nSPS) is 17.0. The van der Waals surface area contributed by atoms with Gasteiger partial charge in [-0.2, -0.15) is 0 Å². The molecule has 1 aliphatic rings. The third-order valence-corrected chi connectivity index (χ3v) is 5.66. The molecule has 24 heavy (non-hydrogen) atoms. The molecule has 0 radical (unpaired) electrons. The molecule has 1 aliphatic heterocycles. The average Bonchev–Trinajstić information content (AvgIpc) is 2.45. The van der Waals surface area contributed by atoms with Crippen LogP contribution in [-0.2, 0) is 4.74 Å². The predicted molar refractivity (Wildman–Crippen MR) is 96.9 cm³/mol. The number of carbonyl (C=O) groups is 1. The minimum absolute atomic E-state index is 0.00614. The number of halogens is 1. The molecule has 0 unspecified atom stereocenters. The number of likely N-dealkylation sites (tertiary alicyclic amines) is 1. The molecule has 3 nitrogen and oxygen atoms in total. The van der Waals surface area contributed by atoms with Gasteiger partial charge in [-0.25, -0.2) is 9.18 Å². The average molecular weight is 354 g/mol. The summed E-state index contributed by atoms with van der Waals surface area (Å²) < 4.78 is 18.8. The van der Waals surface area contributed by atoms with Crippen LogP contribution < -0.4 is 0 Å². The highest BCUT2D eigenvalue weighted by molar-refractivity contribution is 8.00. The summed E-state index contributed by atoms with van der Waals surface area (Å²) in [5, 5.41) is 0. The molecule has 1 amide bonds. The number of piperidine rings is 1. The van der Waals surface area contributed by atoms with Crippen LogP contribution in [0, 0.1) is 11.7 Å². The van der Waals surface area contributed by atoms with Gasteiger partial charge in [-0.15, -0.1) is 11.8 Å². The second-order valence-corrected chi connectivity index (χ2v) is 9.63. The molecule has 0 aliphatic carbocycles. The largest absolute Gasteiger partial charge is 0.444 e. The number of hydrogen-bond acceptors (Lipinski definition) is 3. The number of benzene rings is 1. The van der Waals surface area contributed by atoms with E-state index in [1.807, 2.05) is 26.8 Å². The molecule has 2 rings (SSSR count). The van der Waals surface area contributed by atoms with E-state index in [2.05, 4.69) is 13.8 Å². The summed E-state index contributed by atoms with van der Waals surface area (Å²) in [5.74, 6) is 0.278. The zero-order valence-corrected chi connectivity index (χ0v) is 16.1. The number of rotatable bonds is 3. The summed E-state index contributed by atoms with van der Waals surface area (Å²) in [6, 6.07) is 6.75. The highest BCUT2D eigenvalue weighted by Gasteiger charge is 2.35. The predicted octanol–water partition coefficient (Wildman–Crippen LogP) is 5.34. The minimum atomic E-state index is -0.458. The van der Waals surface area contributed by atoms with Gasteiger partial charge in [0.2, 0.25) is 0 Å². The van der Waals surface area contributed by atoms with Crippen molar-refractivity contribution in [2.75, 3.05) is 13.1 Å². The van der Waals surface area contributed by atoms with Crippen molar-refractivity contribution >= 4 is 17.9 Å². The zero-order valence-electron chi connectivity index (χ0n) is 15.3. The Morgan fingerprint density at radius 1 is 1.21 bits per heavy atom. The topological polar surface area (TPSA) is 29.5 Å². The quantitative estimate of drug-likeness (QED) is 0.687. The monoisotopic (exact) mass is 353 g/mol. The van der Waals surface area contributed by atoms with Gasteiger partial charge in [-0.05, 0) is 57.7 Å². The van der Waals surface area contributed by atoms with Crippen molar-refractivity contribution in [2.24, 2.45) is 5.92 Å². The standard InChI is InChI=1S/C19H28FNO2S/c1-18(2,3)23-17(22)21-11-9-14(10-12-21)19(4,5)24-16-8-6-7-15(20)13-16/h6-8,13-14H,9-12H2,1-5H3. The van der Waals surface area contributed by atoms with Crippen molar-refractivity contribution in [3.8, 4) is 0 Å². The number of amides is 1. The zero-order chi connectivity index (χ0) is 18.0. The lowest BCUT2D eigenvalue weighted by molar-refractivity contribution is 0.0173. The second-order valence-electron chi connectivity index (χ2n) is 7.90. The highest BCUT2D eigenvalue weighted by Crippen LogP contribution is 2.42. The molecular formula is C19H28FNO2S. The Hall–Kier alpha value is -1.23. The summed E-state index contributed by atoms with van der Waals surface area (Å²) in [7, 11) is 0. The van der Waals surface area contributed by atoms with Crippen LogP contribution in [0.4, 0.5) is 9.18 Å². The Kier molecular flexibility index (Phi) is 5.84. The molecule has 1 saturated heterocycles. The van der Waals surface area contributed by atoms with Gasteiger partial charge in [0.1, 0.15) is 11.4 Å². The Balaban J connectivity index is 1.92. The first-order chi connectivity index (χ1) is 11.1. The van der Waals surface area contributed by atoms with Gasteiger partial charge in [0, 0.05) is 22.7 Å². The van der Waals surface area contributed by atoms with E-state index in [0.29, 0.717) is 19.0 Å². The molecule has 0 N–H and O–H groups in total. The molecule has 1 aromatic rings. The number of thioether (sulfide) groups is 1. The van der Waals surface area contributed by atoms with Crippen LogP contribution in [0.3, 0.4) is 0 Å². The lowest BCUT2D eigenvalue weighted by Gasteiger charge is -2.40. The lowest BCUT2D eigenvalue weighted by Crippen LogP contribution is -2.45. The summed E-state index contributed by atoms with van der Waals surface area (Å²) in [4.78, 5) is 14.9. The summed E-state index contributed by atoms with van der Waals surface area (Å²) in [6.45, 7) is 11.5. The van der Waals surface area contributed by atoms with Crippen LogP contribution >= 0.6 is 11.8 Å². The summed E-state index contributed by atoms with van der Waals surface area (Å²) >= 11 is 1.71. The van der Waals surface area contributed by atoms with Crippen LogP contribution in [0.1, 0.15) is 47.5 Å². The Bertz CT molecular complexity index is 575. The van der Waals surface area contributed by atoms with E-state index in [4.69, 9.17) is 4.74 Å². The molecule has 1 heterocycles. The van der Waals surface area contributed by atoms with Crippen LogP contribution in [-0.4, -0.2) is 34.4 Å². The fourth-order valence-electron chi connectivity index (χ4n) is 3.00. The van der Waals surface area contributed by atoms with Crippen LogP contribution in [0.5, 0.6) is 0 Å². The third-order valence-electron chi connectivity index (χ3n) is 4.31. The number of nitrogens with zero attached hydrogens (tertiary/aromatic N) is 1. The van der Waals surface area contributed by atoms with Crippen molar-refractivity contribution in [3.63, 3.8) is 0 Å². The summed E-state index contributed by atoms with van der Waals surface area (Å²) in [5.41, 5.74) is -0.458. The Morgan fingerprint density at radius 2 is 1.83 bits per heavy atom.